The monoisotopic (exact) mass is 250 g/mol. The highest BCUT2D eigenvalue weighted by Crippen LogP contribution is 2.03. The van der Waals surface area contributed by atoms with Gasteiger partial charge in [0, 0.05) is 6.04 Å². The summed E-state index contributed by atoms with van der Waals surface area (Å²) >= 11 is 0. The normalized spacial score (nSPS) is 14.3. The summed E-state index contributed by atoms with van der Waals surface area (Å²) < 4.78 is 21.1. The smallest absolute Gasteiger partial charge is 0.157 e. The van der Waals surface area contributed by atoms with Crippen molar-refractivity contribution in [3.05, 3.63) is 35.9 Å². The van der Waals surface area contributed by atoms with Crippen molar-refractivity contribution >= 4 is 23.1 Å². The lowest BCUT2D eigenvalue weighted by Crippen LogP contribution is -2.43. The maximum Gasteiger partial charge on any atom is 0.157 e. The molecule has 4 N–H and O–H groups in total. The van der Waals surface area contributed by atoms with Gasteiger partial charge in [-0.2, -0.15) is 0 Å². The number of benzene rings is 1. The van der Waals surface area contributed by atoms with Gasteiger partial charge in [-0.3, -0.25) is 0 Å². The van der Waals surface area contributed by atoms with E-state index in [1.54, 1.807) is 0 Å². The van der Waals surface area contributed by atoms with E-state index in [1.165, 1.54) is 0 Å². The van der Waals surface area contributed by atoms with E-state index in [-0.39, 0.29) is 12.4 Å². The van der Waals surface area contributed by atoms with E-state index >= 15 is 0 Å². The Kier molecular flexibility index (Phi) is 6.51. The summed E-state index contributed by atoms with van der Waals surface area (Å²) in [6, 6.07) is 8.89. The first-order chi connectivity index (χ1) is 6.61. The minimum absolute atomic E-state index is 0. The van der Waals surface area contributed by atoms with Crippen LogP contribution < -0.4 is 11.5 Å². The van der Waals surface area contributed by atoms with Gasteiger partial charge in [0.15, 0.2) is 10.7 Å². The molecule has 86 valence electrons. The Labute approximate surface area is 97.0 Å². The Morgan fingerprint density at radius 3 is 2.13 bits per heavy atom. The van der Waals surface area contributed by atoms with Gasteiger partial charge in [0.1, 0.15) is 5.37 Å². The Bertz CT molecular complexity index is 348. The van der Waals surface area contributed by atoms with Crippen molar-refractivity contribution in [2.24, 2.45) is 11.5 Å². The largest absolute Gasteiger partial charge is 0.325 e. The lowest BCUT2D eigenvalue weighted by molar-refractivity contribution is 0.567. The van der Waals surface area contributed by atoms with Crippen LogP contribution >= 0.6 is 12.4 Å². The summed E-state index contributed by atoms with van der Waals surface area (Å²) in [6.07, 6.45) is 0.477. The van der Waals surface area contributed by atoms with Crippen molar-refractivity contribution in [1.82, 2.24) is 0 Å². The van der Waals surface area contributed by atoms with Crippen LogP contribution in [0.4, 0.5) is 0 Å². The van der Waals surface area contributed by atoms with Gasteiger partial charge in [-0.15, -0.1) is 12.4 Å². The number of hydrogen-bond acceptors (Lipinski definition) is 4. The molecule has 0 saturated carbocycles. The maximum absolute atomic E-state index is 10.6. The first kappa shape index (κ1) is 14.4. The van der Waals surface area contributed by atoms with Gasteiger partial charge in [-0.1, -0.05) is 30.3 Å². The van der Waals surface area contributed by atoms with Crippen LogP contribution in [0, 0.1) is 0 Å². The predicted octanol–water partition coefficient (Wildman–Crippen LogP) is -0.126. The van der Waals surface area contributed by atoms with Gasteiger partial charge >= 0.3 is 0 Å². The van der Waals surface area contributed by atoms with E-state index < -0.39 is 22.1 Å². The molecule has 0 aromatic heterocycles. The third kappa shape index (κ3) is 4.61. The van der Waals surface area contributed by atoms with Crippen molar-refractivity contribution in [3.8, 4) is 0 Å². The van der Waals surface area contributed by atoms with Crippen molar-refractivity contribution in [1.29, 1.82) is 0 Å². The van der Waals surface area contributed by atoms with Gasteiger partial charge in [0.05, 0.1) is 0 Å². The Hall–Kier alpha value is -0.620. The highest BCUT2D eigenvalue weighted by atomic mass is 35.5. The average molecular weight is 251 g/mol. The Balaban J connectivity index is 0.00000196. The first-order valence-corrected chi connectivity index (χ1v) is 5.54. The summed E-state index contributed by atoms with van der Waals surface area (Å²) in [4.78, 5) is 0. The van der Waals surface area contributed by atoms with Crippen molar-refractivity contribution < 1.29 is 8.42 Å². The van der Waals surface area contributed by atoms with Crippen LogP contribution in [0.1, 0.15) is 5.56 Å². The standard InChI is InChI=1S/C9H14N2O2S.ClH/c10-8(9(11)14(12)13)6-7-4-2-1-3-5-7;/h1-5,8-9,14H,6,10-11H2;1H. The Morgan fingerprint density at radius 1 is 1.13 bits per heavy atom. The molecule has 0 spiro atoms. The molecule has 1 rings (SSSR count). The van der Waals surface area contributed by atoms with Gasteiger partial charge in [-0.25, -0.2) is 8.42 Å². The van der Waals surface area contributed by atoms with Gasteiger partial charge < -0.3 is 11.5 Å². The van der Waals surface area contributed by atoms with E-state index in [9.17, 15) is 8.42 Å². The van der Waals surface area contributed by atoms with Crippen LogP contribution in [-0.2, 0) is 17.1 Å². The van der Waals surface area contributed by atoms with Crippen LogP contribution in [0.15, 0.2) is 30.3 Å². The fourth-order valence-corrected chi connectivity index (χ4v) is 1.58. The lowest BCUT2D eigenvalue weighted by Gasteiger charge is -2.14. The molecular weight excluding hydrogens is 236 g/mol. The molecule has 1 aromatic rings. The van der Waals surface area contributed by atoms with Crippen LogP contribution in [0.5, 0.6) is 0 Å². The number of halogens is 1. The van der Waals surface area contributed by atoms with E-state index in [4.69, 9.17) is 11.5 Å². The fraction of sp³-hybridized carbons (Fsp3) is 0.333. The molecule has 15 heavy (non-hydrogen) atoms. The predicted molar refractivity (Wildman–Crippen MR) is 63.7 cm³/mol. The number of thiol groups is 1. The second-order valence-electron chi connectivity index (χ2n) is 3.13. The van der Waals surface area contributed by atoms with Crippen molar-refractivity contribution in [2.45, 2.75) is 17.8 Å². The molecule has 2 unspecified atom stereocenters. The molecule has 6 heteroatoms. The molecule has 0 aliphatic rings. The second-order valence-corrected chi connectivity index (χ2v) is 4.30. The quantitative estimate of drug-likeness (QED) is 0.650. The molecule has 4 nitrogen and oxygen atoms in total. The van der Waals surface area contributed by atoms with E-state index in [0.717, 1.165) is 5.56 Å². The molecule has 0 heterocycles. The zero-order valence-corrected chi connectivity index (χ0v) is 9.79. The SMILES string of the molecule is Cl.NC(Cc1ccccc1)C(N)[SH](=O)=O. The summed E-state index contributed by atoms with van der Waals surface area (Å²) in [6.45, 7) is 0. The molecule has 1 aromatic carbocycles. The zero-order chi connectivity index (χ0) is 10.6. The average Bonchev–Trinajstić information content (AvgIpc) is 2.18. The third-order valence-electron chi connectivity index (χ3n) is 2.00. The lowest BCUT2D eigenvalue weighted by atomic mass is 10.1. The van der Waals surface area contributed by atoms with E-state index in [1.807, 2.05) is 30.3 Å². The molecule has 0 saturated heterocycles. The fourth-order valence-electron chi connectivity index (χ4n) is 1.16. The topological polar surface area (TPSA) is 86.2 Å². The maximum atomic E-state index is 10.6. The molecule has 0 aliphatic heterocycles. The van der Waals surface area contributed by atoms with Gasteiger partial charge in [-0.05, 0) is 12.0 Å². The van der Waals surface area contributed by atoms with E-state index in [0.29, 0.717) is 6.42 Å². The molecule has 0 aliphatic carbocycles. The second kappa shape index (κ2) is 6.79. The third-order valence-corrected chi connectivity index (χ3v) is 2.87. The number of nitrogens with two attached hydrogens (primary N) is 2. The molecule has 0 bridgehead atoms. The summed E-state index contributed by atoms with van der Waals surface area (Å²) in [5.41, 5.74) is 12.0. The van der Waals surface area contributed by atoms with E-state index in [2.05, 4.69) is 0 Å². The number of rotatable bonds is 4. The zero-order valence-electron chi connectivity index (χ0n) is 8.08. The summed E-state index contributed by atoms with van der Waals surface area (Å²) in [5, 5.41) is -0.967. The van der Waals surface area contributed by atoms with Crippen LogP contribution in [0.2, 0.25) is 0 Å². The van der Waals surface area contributed by atoms with Crippen molar-refractivity contribution in [3.63, 3.8) is 0 Å². The first-order valence-electron chi connectivity index (χ1n) is 4.30. The molecular formula is C9H15ClN2O2S. The van der Waals surface area contributed by atoms with Crippen molar-refractivity contribution in [2.75, 3.05) is 0 Å². The summed E-state index contributed by atoms with van der Waals surface area (Å²) in [5.74, 6) is 0. The van der Waals surface area contributed by atoms with Crippen LogP contribution in [0.3, 0.4) is 0 Å². The highest BCUT2D eigenvalue weighted by Gasteiger charge is 2.15. The molecule has 0 amide bonds. The Morgan fingerprint density at radius 2 is 1.67 bits per heavy atom. The molecule has 2 atom stereocenters. The van der Waals surface area contributed by atoms with Gasteiger partial charge in [0.2, 0.25) is 0 Å². The number of hydrogen-bond donors (Lipinski definition) is 3. The van der Waals surface area contributed by atoms with Crippen LogP contribution in [0.25, 0.3) is 0 Å². The minimum atomic E-state index is -2.64. The highest BCUT2D eigenvalue weighted by molar-refractivity contribution is 7.73. The summed E-state index contributed by atoms with van der Waals surface area (Å²) in [7, 11) is -2.64. The minimum Gasteiger partial charge on any atom is -0.325 e. The van der Waals surface area contributed by atoms with Crippen LogP contribution in [-0.4, -0.2) is 19.8 Å². The van der Waals surface area contributed by atoms with Gasteiger partial charge in [0.25, 0.3) is 0 Å². The molecule has 0 fully saturated rings. The molecule has 0 radical (unpaired) electrons.